The van der Waals surface area contributed by atoms with Gasteiger partial charge in [0.05, 0.1) is 11.0 Å². The molecule has 1 atom stereocenters. The number of aromatic nitrogens is 2. The Kier molecular flexibility index (Phi) is 3.82. The highest BCUT2D eigenvalue weighted by Gasteiger charge is 2.11. The van der Waals surface area contributed by atoms with Crippen molar-refractivity contribution >= 4 is 22.6 Å². The third-order valence-electron chi connectivity index (χ3n) is 3.37. The largest absolute Gasteiger partial charge is 0.324 e. The minimum atomic E-state index is -0.314. The van der Waals surface area contributed by atoms with Crippen LogP contribution in [0, 0.1) is 5.82 Å². The fraction of sp³-hybridized carbons (Fsp3) is 0.125. The maximum atomic E-state index is 13.3. The van der Waals surface area contributed by atoms with Gasteiger partial charge in [0.2, 0.25) is 0 Å². The van der Waals surface area contributed by atoms with Crippen LogP contribution in [0.3, 0.4) is 0 Å². The van der Waals surface area contributed by atoms with Gasteiger partial charge < -0.3 is 5.73 Å². The SMILES string of the molecule is NC(Cc1cc(F)ccc1Cl)c1ccc2nccnc2c1. The Hall–Kier alpha value is -2.04. The van der Waals surface area contributed by atoms with Crippen LogP contribution in [0.4, 0.5) is 4.39 Å². The number of hydrogen-bond donors (Lipinski definition) is 1. The van der Waals surface area contributed by atoms with Crippen LogP contribution in [-0.2, 0) is 6.42 Å². The molecular formula is C16H13ClFN3. The molecule has 1 heterocycles. The van der Waals surface area contributed by atoms with Gasteiger partial charge in [-0.3, -0.25) is 9.97 Å². The molecule has 0 aliphatic rings. The Morgan fingerprint density at radius 2 is 1.81 bits per heavy atom. The molecule has 0 amide bonds. The normalized spacial score (nSPS) is 12.5. The minimum absolute atomic E-state index is 0.282. The molecule has 2 aromatic carbocycles. The van der Waals surface area contributed by atoms with E-state index in [1.54, 1.807) is 18.5 Å². The predicted molar refractivity (Wildman–Crippen MR) is 81.6 cm³/mol. The van der Waals surface area contributed by atoms with E-state index in [0.717, 1.165) is 16.6 Å². The average molecular weight is 302 g/mol. The molecule has 1 unspecified atom stereocenters. The van der Waals surface area contributed by atoms with E-state index in [4.69, 9.17) is 17.3 Å². The first kappa shape index (κ1) is 13.9. The van der Waals surface area contributed by atoms with Crippen LogP contribution >= 0.6 is 11.6 Å². The van der Waals surface area contributed by atoms with Gasteiger partial charge in [0.25, 0.3) is 0 Å². The zero-order valence-corrected chi connectivity index (χ0v) is 11.9. The summed E-state index contributed by atoms with van der Waals surface area (Å²) >= 11 is 6.08. The second-order valence-corrected chi connectivity index (χ2v) is 5.26. The van der Waals surface area contributed by atoms with Gasteiger partial charge in [0.1, 0.15) is 5.82 Å². The first-order valence-corrected chi connectivity index (χ1v) is 6.91. The fourth-order valence-corrected chi connectivity index (χ4v) is 2.46. The third-order valence-corrected chi connectivity index (χ3v) is 3.74. The Bertz CT molecular complexity index is 791. The zero-order chi connectivity index (χ0) is 14.8. The number of hydrogen-bond acceptors (Lipinski definition) is 3. The van der Waals surface area contributed by atoms with Gasteiger partial charge in [-0.25, -0.2) is 4.39 Å². The molecule has 21 heavy (non-hydrogen) atoms. The van der Waals surface area contributed by atoms with Gasteiger partial charge in [-0.15, -0.1) is 0 Å². The van der Waals surface area contributed by atoms with E-state index < -0.39 is 0 Å². The molecule has 0 spiro atoms. The summed E-state index contributed by atoms with van der Waals surface area (Å²) in [6.07, 6.45) is 3.75. The Balaban J connectivity index is 1.89. The van der Waals surface area contributed by atoms with Crippen molar-refractivity contribution in [1.29, 1.82) is 0 Å². The van der Waals surface area contributed by atoms with Crippen molar-refractivity contribution in [3.63, 3.8) is 0 Å². The quantitative estimate of drug-likeness (QED) is 0.803. The van der Waals surface area contributed by atoms with Gasteiger partial charge in [-0.05, 0) is 47.9 Å². The van der Waals surface area contributed by atoms with Crippen molar-refractivity contribution < 1.29 is 4.39 Å². The molecule has 3 aromatic rings. The molecule has 106 valence electrons. The minimum Gasteiger partial charge on any atom is -0.324 e. The molecule has 3 nitrogen and oxygen atoms in total. The molecule has 0 aliphatic carbocycles. The topological polar surface area (TPSA) is 51.8 Å². The summed E-state index contributed by atoms with van der Waals surface area (Å²) in [6.45, 7) is 0. The molecule has 0 aliphatic heterocycles. The van der Waals surface area contributed by atoms with E-state index in [0.29, 0.717) is 17.0 Å². The molecule has 2 N–H and O–H groups in total. The van der Waals surface area contributed by atoms with E-state index in [1.165, 1.54) is 12.1 Å². The van der Waals surface area contributed by atoms with Gasteiger partial charge >= 0.3 is 0 Å². The van der Waals surface area contributed by atoms with Gasteiger partial charge in [-0.2, -0.15) is 0 Å². The van der Waals surface area contributed by atoms with E-state index >= 15 is 0 Å². The second kappa shape index (κ2) is 5.76. The highest BCUT2D eigenvalue weighted by atomic mass is 35.5. The van der Waals surface area contributed by atoms with Gasteiger partial charge in [-0.1, -0.05) is 17.7 Å². The van der Waals surface area contributed by atoms with Crippen LogP contribution in [0.15, 0.2) is 48.8 Å². The molecule has 0 bridgehead atoms. The third kappa shape index (κ3) is 3.01. The smallest absolute Gasteiger partial charge is 0.123 e. The van der Waals surface area contributed by atoms with Crippen LogP contribution in [0.1, 0.15) is 17.2 Å². The highest BCUT2D eigenvalue weighted by molar-refractivity contribution is 6.31. The molecule has 0 radical (unpaired) electrons. The predicted octanol–water partition coefficient (Wildman–Crippen LogP) is 3.66. The van der Waals surface area contributed by atoms with Crippen LogP contribution in [0.2, 0.25) is 5.02 Å². The lowest BCUT2D eigenvalue weighted by Crippen LogP contribution is -2.13. The Labute approximate surface area is 126 Å². The number of fused-ring (bicyclic) bond motifs is 1. The molecule has 0 fully saturated rings. The summed E-state index contributed by atoms with van der Waals surface area (Å²) in [5.74, 6) is -0.314. The maximum absolute atomic E-state index is 13.3. The van der Waals surface area contributed by atoms with Crippen molar-refractivity contribution in [1.82, 2.24) is 9.97 Å². The first-order chi connectivity index (χ1) is 10.1. The monoisotopic (exact) mass is 301 g/mol. The average Bonchev–Trinajstić information content (AvgIpc) is 2.50. The van der Waals surface area contributed by atoms with Crippen molar-refractivity contribution in [2.75, 3.05) is 0 Å². The zero-order valence-electron chi connectivity index (χ0n) is 11.1. The number of halogens is 2. The second-order valence-electron chi connectivity index (χ2n) is 4.85. The maximum Gasteiger partial charge on any atom is 0.123 e. The standard InChI is InChI=1S/C16H13ClFN3/c17-13-3-2-12(18)7-11(13)8-14(19)10-1-4-15-16(9-10)21-6-5-20-15/h1-7,9,14H,8,19H2. The van der Waals surface area contributed by atoms with Gasteiger partial charge in [0.15, 0.2) is 0 Å². The van der Waals surface area contributed by atoms with Crippen LogP contribution in [0.5, 0.6) is 0 Å². The Morgan fingerprint density at radius 3 is 2.62 bits per heavy atom. The number of nitrogens with two attached hydrogens (primary N) is 1. The van der Waals surface area contributed by atoms with E-state index in [9.17, 15) is 4.39 Å². The van der Waals surface area contributed by atoms with Crippen molar-refractivity contribution in [2.24, 2.45) is 5.73 Å². The van der Waals surface area contributed by atoms with Crippen molar-refractivity contribution in [3.05, 3.63) is 70.8 Å². The lowest BCUT2D eigenvalue weighted by molar-refractivity contribution is 0.622. The summed E-state index contributed by atoms with van der Waals surface area (Å²) in [5.41, 5.74) is 9.43. The molecule has 0 saturated carbocycles. The van der Waals surface area contributed by atoms with E-state index in [2.05, 4.69) is 9.97 Å². The molecular weight excluding hydrogens is 289 g/mol. The fourth-order valence-electron chi connectivity index (χ4n) is 2.27. The summed E-state index contributed by atoms with van der Waals surface area (Å²) in [5, 5.41) is 0.521. The van der Waals surface area contributed by atoms with Crippen molar-refractivity contribution in [3.8, 4) is 0 Å². The molecule has 3 rings (SSSR count). The molecule has 0 saturated heterocycles. The molecule has 1 aromatic heterocycles. The summed E-state index contributed by atoms with van der Waals surface area (Å²) in [6, 6.07) is 9.71. The summed E-state index contributed by atoms with van der Waals surface area (Å²) in [7, 11) is 0. The van der Waals surface area contributed by atoms with Gasteiger partial charge in [0, 0.05) is 23.5 Å². The summed E-state index contributed by atoms with van der Waals surface area (Å²) in [4.78, 5) is 8.48. The lowest BCUT2D eigenvalue weighted by Gasteiger charge is -2.13. The number of nitrogens with zero attached hydrogens (tertiary/aromatic N) is 2. The Morgan fingerprint density at radius 1 is 1.05 bits per heavy atom. The van der Waals surface area contributed by atoms with Crippen LogP contribution < -0.4 is 5.73 Å². The number of benzene rings is 2. The van der Waals surface area contributed by atoms with E-state index in [-0.39, 0.29) is 11.9 Å². The first-order valence-electron chi connectivity index (χ1n) is 6.53. The highest BCUT2D eigenvalue weighted by Crippen LogP contribution is 2.24. The summed E-state index contributed by atoms with van der Waals surface area (Å²) < 4.78 is 13.3. The molecule has 5 heteroatoms. The lowest BCUT2D eigenvalue weighted by atomic mass is 9.99. The van der Waals surface area contributed by atoms with Crippen molar-refractivity contribution in [2.45, 2.75) is 12.5 Å². The van der Waals surface area contributed by atoms with Crippen LogP contribution in [0.25, 0.3) is 11.0 Å². The number of rotatable bonds is 3. The van der Waals surface area contributed by atoms with E-state index in [1.807, 2.05) is 18.2 Å². The van der Waals surface area contributed by atoms with Crippen LogP contribution in [-0.4, -0.2) is 9.97 Å².